The molecular formula is C17H24F2N2O2. The summed E-state index contributed by atoms with van der Waals surface area (Å²) in [6, 6.07) is 6.26. The van der Waals surface area contributed by atoms with Crippen molar-refractivity contribution in [1.82, 2.24) is 10.2 Å². The van der Waals surface area contributed by atoms with Gasteiger partial charge in [0.2, 0.25) is 5.91 Å². The van der Waals surface area contributed by atoms with Crippen molar-refractivity contribution < 1.29 is 18.3 Å². The highest BCUT2D eigenvalue weighted by Crippen LogP contribution is 2.19. The first-order valence-electron chi connectivity index (χ1n) is 8.10. The highest BCUT2D eigenvalue weighted by molar-refractivity contribution is 5.78. The van der Waals surface area contributed by atoms with Crippen molar-refractivity contribution in [2.45, 2.75) is 32.8 Å². The first kappa shape index (κ1) is 17.7. The molecule has 6 heteroatoms. The molecule has 1 amide bonds. The molecule has 1 aliphatic rings. The topological polar surface area (TPSA) is 41.6 Å². The summed E-state index contributed by atoms with van der Waals surface area (Å²) in [6.07, 6.45) is 2.35. The van der Waals surface area contributed by atoms with E-state index in [2.05, 4.69) is 17.0 Å². The van der Waals surface area contributed by atoms with E-state index in [0.29, 0.717) is 12.3 Å². The second-order valence-electron chi connectivity index (χ2n) is 5.83. The quantitative estimate of drug-likeness (QED) is 0.838. The van der Waals surface area contributed by atoms with E-state index in [1.165, 1.54) is 12.1 Å². The number of hydrogen-bond donors (Lipinski definition) is 1. The number of likely N-dealkylation sites (tertiary alicyclic amines) is 1. The van der Waals surface area contributed by atoms with Crippen molar-refractivity contribution in [2.75, 3.05) is 26.2 Å². The summed E-state index contributed by atoms with van der Waals surface area (Å²) in [6.45, 7) is 2.85. The van der Waals surface area contributed by atoms with Crippen molar-refractivity contribution in [2.24, 2.45) is 5.92 Å². The Kier molecular flexibility index (Phi) is 6.77. The van der Waals surface area contributed by atoms with E-state index in [1.807, 2.05) is 4.90 Å². The maximum atomic E-state index is 12.3. The molecule has 0 aromatic heterocycles. The lowest BCUT2D eigenvalue weighted by Gasteiger charge is -2.32. The summed E-state index contributed by atoms with van der Waals surface area (Å²) >= 11 is 0. The number of benzene rings is 1. The van der Waals surface area contributed by atoms with Crippen LogP contribution >= 0.6 is 0 Å². The highest BCUT2D eigenvalue weighted by atomic mass is 19.3. The van der Waals surface area contributed by atoms with Gasteiger partial charge in [-0.15, -0.1) is 0 Å². The zero-order chi connectivity index (χ0) is 16.7. The lowest BCUT2D eigenvalue weighted by molar-refractivity contribution is -0.131. The van der Waals surface area contributed by atoms with E-state index in [4.69, 9.17) is 0 Å². The van der Waals surface area contributed by atoms with Crippen LogP contribution in [-0.4, -0.2) is 43.6 Å². The number of ether oxygens (including phenoxy) is 1. The van der Waals surface area contributed by atoms with Crippen LogP contribution in [-0.2, 0) is 11.2 Å². The van der Waals surface area contributed by atoms with Gasteiger partial charge < -0.3 is 15.0 Å². The Hall–Kier alpha value is -1.69. The van der Waals surface area contributed by atoms with Crippen molar-refractivity contribution in [3.8, 4) is 5.75 Å². The summed E-state index contributed by atoms with van der Waals surface area (Å²) in [5.74, 6) is 0.847. The minimum Gasteiger partial charge on any atom is -0.435 e. The standard InChI is InChI=1S/C17H24F2N2O2/c1-2-20-12-14-7-9-21(10-8-14)16(22)11-13-3-5-15(6-4-13)23-17(18)19/h3-6,14,17,20H,2,7-12H2,1H3. The van der Waals surface area contributed by atoms with Gasteiger partial charge >= 0.3 is 6.61 Å². The predicted molar refractivity (Wildman–Crippen MR) is 84.6 cm³/mol. The first-order valence-corrected chi connectivity index (χ1v) is 8.10. The molecule has 0 spiro atoms. The van der Waals surface area contributed by atoms with Crippen LogP contribution in [0.3, 0.4) is 0 Å². The monoisotopic (exact) mass is 326 g/mol. The zero-order valence-corrected chi connectivity index (χ0v) is 13.4. The average molecular weight is 326 g/mol. The fourth-order valence-electron chi connectivity index (χ4n) is 2.81. The van der Waals surface area contributed by atoms with Gasteiger partial charge in [0.05, 0.1) is 6.42 Å². The van der Waals surface area contributed by atoms with E-state index in [1.54, 1.807) is 12.1 Å². The maximum absolute atomic E-state index is 12.3. The van der Waals surface area contributed by atoms with Crippen molar-refractivity contribution in [3.63, 3.8) is 0 Å². The third-order valence-electron chi connectivity index (χ3n) is 4.15. The van der Waals surface area contributed by atoms with E-state index in [0.717, 1.165) is 44.6 Å². The fourth-order valence-corrected chi connectivity index (χ4v) is 2.81. The van der Waals surface area contributed by atoms with Gasteiger partial charge in [-0.25, -0.2) is 0 Å². The molecule has 1 saturated heterocycles. The van der Waals surface area contributed by atoms with Gasteiger partial charge in [-0.1, -0.05) is 19.1 Å². The van der Waals surface area contributed by atoms with Crippen LogP contribution in [0.15, 0.2) is 24.3 Å². The number of carbonyl (C=O) groups is 1. The van der Waals surface area contributed by atoms with E-state index < -0.39 is 6.61 Å². The summed E-state index contributed by atoms with van der Waals surface area (Å²) in [4.78, 5) is 14.2. The molecule has 0 bridgehead atoms. The second kappa shape index (κ2) is 8.82. The molecule has 0 atom stereocenters. The van der Waals surface area contributed by atoms with Gasteiger partial charge in [0.1, 0.15) is 5.75 Å². The number of alkyl halides is 2. The Morgan fingerprint density at radius 1 is 1.30 bits per heavy atom. The lowest BCUT2D eigenvalue weighted by atomic mass is 9.96. The Morgan fingerprint density at radius 2 is 1.96 bits per heavy atom. The Bertz CT molecular complexity index is 486. The van der Waals surface area contributed by atoms with Crippen LogP contribution in [0.25, 0.3) is 0 Å². The smallest absolute Gasteiger partial charge is 0.387 e. The van der Waals surface area contributed by atoms with Crippen molar-refractivity contribution >= 4 is 5.91 Å². The van der Waals surface area contributed by atoms with E-state index in [9.17, 15) is 13.6 Å². The number of nitrogens with one attached hydrogen (secondary N) is 1. The number of amides is 1. The molecule has 1 aliphatic heterocycles. The molecular weight excluding hydrogens is 302 g/mol. The number of halogens is 2. The molecule has 2 rings (SSSR count). The number of nitrogens with zero attached hydrogens (tertiary/aromatic N) is 1. The molecule has 0 radical (unpaired) electrons. The predicted octanol–water partition coefficient (Wildman–Crippen LogP) is 2.68. The molecule has 1 fully saturated rings. The van der Waals surface area contributed by atoms with Gasteiger partial charge in [0.25, 0.3) is 0 Å². The van der Waals surface area contributed by atoms with Crippen LogP contribution in [0.1, 0.15) is 25.3 Å². The number of piperidine rings is 1. The number of carbonyl (C=O) groups excluding carboxylic acids is 1. The van der Waals surface area contributed by atoms with Gasteiger partial charge in [0.15, 0.2) is 0 Å². The van der Waals surface area contributed by atoms with Gasteiger partial charge in [-0.2, -0.15) is 8.78 Å². The molecule has 1 heterocycles. The molecule has 23 heavy (non-hydrogen) atoms. The molecule has 1 aromatic rings. The minimum atomic E-state index is -2.83. The molecule has 4 nitrogen and oxygen atoms in total. The highest BCUT2D eigenvalue weighted by Gasteiger charge is 2.22. The van der Waals surface area contributed by atoms with Gasteiger partial charge in [0, 0.05) is 13.1 Å². The SMILES string of the molecule is CCNCC1CCN(C(=O)Cc2ccc(OC(F)F)cc2)CC1. The van der Waals surface area contributed by atoms with Crippen LogP contribution < -0.4 is 10.1 Å². The largest absolute Gasteiger partial charge is 0.435 e. The van der Waals surface area contributed by atoms with E-state index in [-0.39, 0.29) is 11.7 Å². The third-order valence-corrected chi connectivity index (χ3v) is 4.15. The maximum Gasteiger partial charge on any atom is 0.387 e. The first-order chi connectivity index (χ1) is 11.1. The summed E-state index contributed by atoms with van der Waals surface area (Å²) in [5, 5.41) is 3.35. The lowest BCUT2D eigenvalue weighted by Crippen LogP contribution is -2.41. The van der Waals surface area contributed by atoms with Crippen LogP contribution in [0, 0.1) is 5.92 Å². The zero-order valence-electron chi connectivity index (χ0n) is 13.4. The van der Waals surface area contributed by atoms with Gasteiger partial charge in [-0.3, -0.25) is 4.79 Å². The van der Waals surface area contributed by atoms with Crippen LogP contribution in [0.5, 0.6) is 5.75 Å². The number of hydrogen-bond acceptors (Lipinski definition) is 3. The minimum absolute atomic E-state index is 0.0921. The van der Waals surface area contributed by atoms with Crippen molar-refractivity contribution in [3.05, 3.63) is 29.8 Å². The molecule has 0 aliphatic carbocycles. The normalized spacial score (nSPS) is 15.9. The molecule has 1 aromatic carbocycles. The summed E-state index contributed by atoms with van der Waals surface area (Å²) in [5.41, 5.74) is 0.811. The van der Waals surface area contributed by atoms with E-state index >= 15 is 0 Å². The Morgan fingerprint density at radius 3 is 2.52 bits per heavy atom. The van der Waals surface area contributed by atoms with Gasteiger partial charge in [-0.05, 0) is 49.5 Å². The molecule has 128 valence electrons. The Balaban J connectivity index is 1.78. The van der Waals surface area contributed by atoms with Crippen LogP contribution in [0.2, 0.25) is 0 Å². The van der Waals surface area contributed by atoms with Crippen LogP contribution in [0.4, 0.5) is 8.78 Å². The second-order valence-corrected chi connectivity index (χ2v) is 5.83. The summed E-state index contributed by atoms with van der Waals surface area (Å²) < 4.78 is 28.5. The average Bonchev–Trinajstić information content (AvgIpc) is 2.54. The van der Waals surface area contributed by atoms with Crippen molar-refractivity contribution in [1.29, 1.82) is 0 Å². The fraction of sp³-hybridized carbons (Fsp3) is 0.588. The third kappa shape index (κ3) is 5.78. The molecule has 0 unspecified atom stereocenters. The molecule has 0 saturated carbocycles. The summed E-state index contributed by atoms with van der Waals surface area (Å²) in [7, 11) is 0. The number of rotatable bonds is 7. The molecule has 1 N–H and O–H groups in total. The Labute approximate surface area is 135 Å².